The Morgan fingerprint density at radius 2 is 2.00 bits per heavy atom. The lowest BCUT2D eigenvalue weighted by atomic mass is 10.1. The summed E-state index contributed by atoms with van der Waals surface area (Å²) in [6.07, 6.45) is 1.48. The molecule has 1 aliphatic carbocycles. The number of nitrogens with zero attached hydrogens (tertiary/aromatic N) is 1. The minimum Gasteiger partial charge on any atom is -0.435 e. The van der Waals surface area contributed by atoms with Crippen molar-refractivity contribution in [3.8, 4) is 5.75 Å². The quantitative estimate of drug-likeness (QED) is 0.346. The first-order valence-corrected chi connectivity index (χ1v) is 7.36. The van der Waals surface area contributed by atoms with Gasteiger partial charge in [-0.05, 0) is 37.5 Å². The van der Waals surface area contributed by atoms with E-state index in [0.717, 1.165) is 19.4 Å². The molecule has 0 amide bonds. The minimum absolute atomic E-state index is 0. The van der Waals surface area contributed by atoms with E-state index in [0.29, 0.717) is 17.6 Å². The predicted molar refractivity (Wildman–Crippen MR) is 95.6 cm³/mol. The van der Waals surface area contributed by atoms with Gasteiger partial charge in [-0.25, -0.2) is 0 Å². The highest BCUT2D eigenvalue weighted by Crippen LogP contribution is 2.20. The molecule has 0 aromatic heterocycles. The van der Waals surface area contributed by atoms with Crippen LogP contribution in [0.4, 0.5) is 8.78 Å². The summed E-state index contributed by atoms with van der Waals surface area (Å²) < 4.78 is 28.4. The van der Waals surface area contributed by atoms with Gasteiger partial charge in [0.1, 0.15) is 5.75 Å². The summed E-state index contributed by atoms with van der Waals surface area (Å²) in [5.41, 5.74) is 0.604. The highest BCUT2D eigenvalue weighted by Gasteiger charge is 2.22. The van der Waals surface area contributed by atoms with Crippen molar-refractivity contribution in [3.63, 3.8) is 0 Å². The highest BCUT2D eigenvalue weighted by atomic mass is 127. The molecule has 5 nitrogen and oxygen atoms in total. The molecule has 0 spiro atoms. The van der Waals surface area contributed by atoms with Crippen molar-refractivity contribution >= 4 is 29.9 Å². The average molecular weight is 441 g/mol. The summed E-state index contributed by atoms with van der Waals surface area (Å²) in [5.74, 6) is 0.750. The van der Waals surface area contributed by atoms with Crippen molar-refractivity contribution in [2.24, 2.45) is 4.99 Å². The molecule has 1 atom stereocenters. The summed E-state index contributed by atoms with van der Waals surface area (Å²) in [6, 6.07) is 6.39. The Labute approximate surface area is 151 Å². The number of rotatable bonds is 7. The van der Waals surface area contributed by atoms with E-state index in [1.165, 1.54) is 12.1 Å². The first-order valence-electron chi connectivity index (χ1n) is 7.36. The molecule has 1 saturated carbocycles. The molecule has 0 heterocycles. The Bertz CT molecular complexity index is 496. The number of hydrogen-bond donors (Lipinski definition) is 3. The maximum absolute atomic E-state index is 12.1. The van der Waals surface area contributed by atoms with Gasteiger partial charge in [0.15, 0.2) is 5.96 Å². The maximum Gasteiger partial charge on any atom is 0.387 e. The SMILES string of the molecule is CCNC(=NCC(O)c1ccc(OC(F)F)cc1)NC1CC1.I. The molecule has 1 aromatic rings. The number of aliphatic hydroxyl groups is 1. The van der Waals surface area contributed by atoms with Crippen molar-refractivity contribution in [2.75, 3.05) is 13.1 Å². The molecule has 1 aliphatic rings. The number of aliphatic hydroxyl groups excluding tert-OH is 1. The molecule has 3 N–H and O–H groups in total. The van der Waals surface area contributed by atoms with E-state index in [-0.39, 0.29) is 36.3 Å². The molecular formula is C15H22F2IN3O2. The third kappa shape index (κ3) is 7.30. The second-order valence-electron chi connectivity index (χ2n) is 5.10. The fraction of sp³-hybridized carbons (Fsp3) is 0.533. The van der Waals surface area contributed by atoms with E-state index in [4.69, 9.17) is 0 Å². The van der Waals surface area contributed by atoms with Crippen molar-refractivity contribution in [1.29, 1.82) is 0 Å². The van der Waals surface area contributed by atoms with Gasteiger partial charge in [-0.15, -0.1) is 24.0 Å². The molecule has 0 bridgehead atoms. The Morgan fingerprint density at radius 3 is 2.52 bits per heavy atom. The third-order valence-corrected chi connectivity index (χ3v) is 3.17. The number of nitrogens with one attached hydrogen (secondary N) is 2. The molecule has 0 radical (unpaired) electrons. The van der Waals surface area contributed by atoms with Crippen LogP contribution in [0.3, 0.4) is 0 Å². The lowest BCUT2D eigenvalue weighted by Gasteiger charge is -2.13. The topological polar surface area (TPSA) is 65.9 Å². The fourth-order valence-corrected chi connectivity index (χ4v) is 1.90. The Kier molecular flexibility index (Phi) is 8.53. The molecule has 1 aromatic carbocycles. The van der Waals surface area contributed by atoms with E-state index < -0.39 is 12.7 Å². The summed E-state index contributed by atoms with van der Waals surface area (Å²) in [6.45, 7) is 0.0600. The molecule has 8 heteroatoms. The molecule has 23 heavy (non-hydrogen) atoms. The number of alkyl halides is 2. The summed E-state index contributed by atoms with van der Waals surface area (Å²) in [7, 11) is 0. The summed E-state index contributed by atoms with van der Waals surface area (Å²) in [4.78, 5) is 4.33. The zero-order chi connectivity index (χ0) is 15.9. The standard InChI is InChI=1S/C15H21F2N3O2.HI/c1-2-18-15(20-11-5-6-11)19-9-13(21)10-3-7-12(8-4-10)22-14(16)17;/h3-4,7-8,11,13-14,21H,2,5-6,9H2,1H3,(H2,18,19,20);1H. The smallest absolute Gasteiger partial charge is 0.387 e. The molecule has 1 fully saturated rings. The van der Waals surface area contributed by atoms with Crippen LogP contribution in [0.15, 0.2) is 29.3 Å². The van der Waals surface area contributed by atoms with E-state index in [2.05, 4.69) is 20.4 Å². The van der Waals surface area contributed by atoms with E-state index in [9.17, 15) is 13.9 Å². The minimum atomic E-state index is -2.85. The van der Waals surface area contributed by atoms with Crippen LogP contribution in [0.25, 0.3) is 0 Å². The molecule has 0 aliphatic heterocycles. The fourth-order valence-electron chi connectivity index (χ4n) is 1.90. The second-order valence-corrected chi connectivity index (χ2v) is 5.10. The molecule has 1 unspecified atom stereocenters. The lowest BCUT2D eigenvalue weighted by molar-refractivity contribution is -0.0498. The van der Waals surface area contributed by atoms with Gasteiger partial charge < -0.3 is 20.5 Å². The van der Waals surface area contributed by atoms with Crippen LogP contribution in [0.1, 0.15) is 31.4 Å². The molecule has 2 rings (SSSR count). The third-order valence-electron chi connectivity index (χ3n) is 3.17. The van der Waals surface area contributed by atoms with Crippen LogP contribution in [0, 0.1) is 0 Å². The van der Waals surface area contributed by atoms with Crippen LogP contribution in [-0.4, -0.2) is 36.8 Å². The number of halogens is 3. The number of guanidine groups is 1. The zero-order valence-electron chi connectivity index (χ0n) is 12.8. The number of benzene rings is 1. The maximum atomic E-state index is 12.1. The van der Waals surface area contributed by atoms with E-state index in [1.54, 1.807) is 12.1 Å². The van der Waals surface area contributed by atoms with Gasteiger partial charge in [-0.1, -0.05) is 12.1 Å². The van der Waals surface area contributed by atoms with Crippen molar-refractivity contribution < 1.29 is 18.6 Å². The Morgan fingerprint density at radius 1 is 1.35 bits per heavy atom. The van der Waals surface area contributed by atoms with Gasteiger partial charge in [0, 0.05) is 12.6 Å². The van der Waals surface area contributed by atoms with Gasteiger partial charge in [0.05, 0.1) is 12.6 Å². The van der Waals surface area contributed by atoms with E-state index in [1.807, 2.05) is 6.92 Å². The van der Waals surface area contributed by atoms with Gasteiger partial charge >= 0.3 is 6.61 Å². The average Bonchev–Trinajstić information content (AvgIpc) is 3.29. The Balaban J connectivity index is 0.00000264. The number of aliphatic imine (C=N–C) groups is 1. The highest BCUT2D eigenvalue weighted by molar-refractivity contribution is 14.0. The van der Waals surface area contributed by atoms with Crippen molar-refractivity contribution in [3.05, 3.63) is 29.8 Å². The number of hydrogen-bond acceptors (Lipinski definition) is 3. The monoisotopic (exact) mass is 441 g/mol. The van der Waals surface area contributed by atoms with E-state index >= 15 is 0 Å². The normalized spacial score (nSPS) is 15.8. The zero-order valence-corrected chi connectivity index (χ0v) is 15.2. The number of ether oxygens (including phenoxy) is 1. The van der Waals surface area contributed by atoms with Crippen LogP contribution in [-0.2, 0) is 0 Å². The second kappa shape index (κ2) is 9.86. The van der Waals surface area contributed by atoms with Crippen LogP contribution < -0.4 is 15.4 Å². The van der Waals surface area contributed by atoms with Gasteiger partial charge in [0.25, 0.3) is 0 Å². The lowest BCUT2D eigenvalue weighted by Crippen LogP contribution is -2.38. The first kappa shape index (κ1) is 19.9. The van der Waals surface area contributed by atoms with Gasteiger partial charge in [0.2, 0.25) is 0 Å². The predicted octanol–water partition coefficient (Wildman–Crippen LogP) is 2.66. The molecular weight excluding hydrogens is 419 g/mol. The van der Waals surface area contributed by atoms with Crippen molar-refractivity contribution in [1.82, 2.24) is 10.6 Å². The van der Waals surface area contributed by atoms with Crippen molar-refractivity contribution in [2.45, 2.75) is 38.5 Å². The van der Waals surface area contributed by atoms with Gasteiger partial charge in [-0.2, -0.15) is 8.78 Å². The van der Waals surface area contributed by atoms with Gasteiger partial charge in [-0.3, -0.25) is 4.99 Å². The Hall–Kier alpha value is -1.16. The molecule has 0 saturated heterocycles. The molecule has 130 valence electrons. The summed E-state index contributed by atoms with van der Waals surface area (Å²) in [5, 5.41) is 16.5. The van der Waals surface area contributed by atoms with Crippen LogP contribution in [0.2, 0.25) is 0 Å². The first-order chi connectivity index (χ1) is 10.6. The van der Waals surface area contributed by atoms with Crippen LogP contribution >= 0.6 is 24.0 Å². The largest absolute Gasteiger partial charge is 0.435 e. The summed E-state index contributed by atoms with van der Waals surface area (Å²) >= 11 is 0. The van der Waals surface area contributed by atoms with Crippen LogP contribution in [0.5, 0.6) is 5.75 Å².